The maximum Gasteiger partial charge on any atom is 0.257 e. The van der Waals surface area contributed by atoms with Crippen LogP contribution in [0.4, 0.5) is 10.8 Å². The predicted octanol–water partition coefficient (Wildman–Crippen LogP) is 4.70. The first kappa shape index (κ1) is 16.6. The summed E-state index contributed by atoms with van der Waals surface area (Å²) in [6, 6.07) is 18.7. The lowest BCUT2D eigenvalue weighted by molar-refractivity contribution is -0.113. The van der Waals surface area contributed by atoms with E-state index in [1.807, 2.05) is 54.8 Å². The number of hydrogen-bond donors (Lipinski definition) is 0. The number of amides is 1. The van der Waals surface area contributed by atoms with E-state index in [4.69, 9.17) is 5.26 Å². The number of aromatic nitrogens is 1. The van der Waals surface area contributed by atoms with Crippen LogP contribution in [0.2, 0.25) is 0 Å². The van der Waals surface area contributed by atoms with Crippen molar-refractivity contribution in [3.8, 4) is 6.07 Å². The van der Waals surface area contributed by atoms with E-state index >= 15 is 0 Å². The molecule has 122 valence electrons. The molecule has 3 aromatic rings. The van der Waals surface area contributed by atoms with Crippen LogP contribution in [0.25, 0.3) is 6.08 Å². The number of carbonyl (C=O) groups excluding carboxylic acids is 1. The van der Waals surface area contributed by atoms with Gasteiger partial charge in [-0.25, -0.2) is 4.98 Å². The topological polar surface area (TPSA) is 57.0 Å². The van der Waals surface area contributed by atoms with Crippen LogP contribution in [-0.2, 0) is 4.79 Å². The number of benzene rings is 2. The summed E-state index contributed by atoms with van der Waals surface area (Å²) in [5.74, 6) is -0.215. The number of nitrogens with zero attached hydrogens (tertiary/aromatic N) is 3. The monoisotopic (exact) mass is 345 g/mol. The van der Waals surface area contributed by atoms with E-state index in [0.717, 1.165) is 11.4 Å². The van der Waals surface area contributed by atoms with Crippen LogP contribution in [-0.4, -0.2) is 10.9 Å². The number of para-hydroxylation sites is 1. The number of thiazole rings is 1. The predicted molar refractivity (Wildman–Crippen MR) is 101 cm³/mol. The van der Waals surface area contributed by atoms with Gasteiger partial charge in [0.25, 0.3) is 5.91 Å². The van der Waals surface area contributed by atoms with Crippen LogP contribution in [0.3, 0.4) is 0 Å². The lowest BCUT2D eigenvalue weighted by Gasteiger charge is -2.18. The van der Waals surface area contributed by atoms with Gasteiger partial charge >= 0.3 is 0 Å². The van der Waals surface area contributed by atoms with Gasteiger partial charge in [-0.2, -0.15) is 5.26 Å². The zero-order valence-corrected chi connectivity index (χ0v) is 14.4. The second-order valence-corrected chi connectivity index (χ2v) is 6.15. The summed E-state index contributed by atoms with van der Waals surface area (Å²) < 4.78 is 0. The van der Waals surface area contributed by atoms with Gasteiger partial charge in [0.05, 0.1) is 23.0 Å². The molecular weight excluding hydrogens is 330 g/mol. The van der Waals surface area contributed by atoms with Crippen molar-refractivity contribution in [3.05, 3.63) is 82.9 Å². The van der Waals surface area contributed by atoms with Crippen molar-refractivity contribution < 1.29 is 4.79 Å². The minimum absolute atomic E-state index is 0.215. The van der Waals surface area contributed by atoms with Crippen molar-refractivity contribution in [2.45, 2.75) is 6.92 Å². The van der Waals surface area contributed by atoms with E-state index in [1.54, 1.807) is 23.1 Å². The second-order valence-electron chi connectivity index (χ2n) is 5.31. The van der Waals surface area contributed by atoms with Crippen LogP contribution >= 0.6 is 11.3 Å². The molecule has 3 rings (SSSR count). The molecule has 0 atom stereocenters. The van der Waals surface area contributed by atoms with Crippen LogP contribution < -0.4 is 4.90 Å². The van der Waals surface area contributed by atoms with Crippen molar-refractivity contribution in [1.82, 2.24) is 4.98 Å². The van der Waals surface area contributed by atoms with E-state index in [0.29, 0.717) is 16.3 Å². The molecule has 0 saturated heterocycles. The standard InChI is InChI=1S/C20H15N3OS/c1-15-14-25-20(22-15)23(18-9-3-2-4-10-18)19(24)12-11-16-7-5-6-8-17(16)13-21/h2-12,14H,1H3. The first-order chi connectivity index (χ1) is 12.2. The fourth-order valence-electron chi connectivity index (χ4n) is 2.33. The van der Waals surface area contributed by atoms with Gasteiger partial charge in [0.2, 0.25) is 0 Å². The van der Waals surface area contributed by atoms with E-state index in [2.05, 4.69) is 11.1 Å². The van der Waals surface area contributed by atoms with Gasteiger partial charge in [0.1, 0.15) is 0 Å². The van der Waals surface area contributed by atoms with Crippen LogP contribution in [0.1, 0.15) is 16.8 Å². The molecule has 0 aliphatic rings. The molecule has 1 heterocycles. The molecule has 0 spiro atoms. The van der Waals surface area contributed by atoms with E-state index in [9.17, 15) is 4.79 Å². The zero-order valence-electron chi connectivity index (χ0n) is 13.6. The summed E-state index contributed by atoms with van der Waals surface area (Å²) in [5.41, 5.74) is 2.86. The number of carbonyl (C=O) groups is 1. The molecule has 0 bridgehead atoms. The van der Waals surface area contributed by atoms with Crippen molar-refractivity contribution in [1.29, 1.82) is 5.26 Å². The Morgan fingerprint density at radius 2 is 1.88 bits per heavy atom. The highest BCUT2D eigenvalue weighted by molar-refractivity contribution is 7.14. The lowest BCUT2D eigenvalue weighted by atomic mass is 10.1. The quantitative estimate of drug-likeness (QED) is 0.644. The number of rotatable bonds is 4. The largest absolute Gasteiger partial charge is 0.269 e. The van der Waals surface area contributed by atoms with E-state index in [-0.39, 0.29) is 5.91 Å². The summed E-state index contributed by atoms with van der Waals surface area (Å²) in [4.78, 5) is 18.9. The Bertz CT molecular complexity index is 954. The van der Waals surface area contributed by atoms with Gasteiger partial charge in [-0.1, -0.05) is 36.4 Å². The van der Waals surface area contributed by atoms with Crippen LogP contribution in [0.15, 0.2) is 66.1 Å². The highest BCUT2D eigenvalue weighted by Crippen LogP contribution is 2.29. The third kappa shape index (κ3) is 3.82. The van der Waals surface area contributed by atoms with Crippen molar-refractivity contribution in [2.75, 3.05) is 4.90 Å². The van der Waals surface area contributed by atoms with Gasteiger partial charge in [0.15, 0.2) is 5.13 Å². The van der Waals surface area contributed by atoms with E-state index < -0.39 is 0 Å². The van der Waals surface area contributed by atoms with Gasteiger partial charge in [-0.15, -0.1) is 11.3 Å². The molecule has 0 aliphatic heterocycles. The summed E-state index contributed by atoms with van der Waals surface area (Å²) >= 11 is 1.42. The SMILES string of the molecule is Cc1csc(N(C(=O)C=Cc2ccccc2C#N)c2ccccc2)n1. The van der Waals surface area contributed by atoms with Crippen molar-refractivity contribution in [3.63, 3.8) is 0 Å². The Hall–Kier alpha value is -3.23. The summed E-state index contributed by atoms with van der Waals surface area (Å²) in [7, 11) is 0. The van der Waals surface area contributed by atoms with Crippen LogP contribution in [0.5, 0.6) is 0 Å². The molecule has 4 nitrogen and oxygen atoms in total. The highest BCUT2D eigenvalue weighted by Gasteiger charge is 2.18. The molecule has 2 aromatic carbocycles. The first-order valence-electron chi connectivity index (χ1n) is 7.67. The Morgan fingerprint density at radius 3 is 2.56 bits per heavy atom. The van der Waals surface area contributed by atoms with Gasteiger partial charge in [0, 0.05) is 11.5 Å². The second kappa shape index (κ2) is 7.56. The molecule has 0 radical (unpaired) electrons. The number of nitriles is 1. The minimum Gasteiger partial charge on any atom is -0.269 e. The number of anilines is 2. The molecule has 0 aliphatic carbocycles. The summed E-state index contributed by atoms with van der Waals surface area (Å²) in [6.07, 6.45) is 3.14. The molecule has 0 saturated carbocycles. The van der Waals surface area contributed by atoms with E-state index in [1.165, 1.54) is 17.4 Å². The molecule has 1 amide bonds. The molecule has 0 fully saturated rings. The molecule has 25 heavy (non-hydrogen) atoms. The maximum atomic E-state index is 12.8. The molecule has 5 heteroatoms. The zero-order chi connectivity index (χ0) is 17.6. The Labute approximate surface area is 150 Å². The molecule has 1 aromatic heterocycles. The summed E-state index contributed by atoms with van der Waals surface area (Å²) in [6.45, 7) is 1.90. The first-order valence-corrected chi connectivity index (χ1v) is 8.55. The lowest BCUT2D eigenvalue weighted by Crippen LogP contribution is -2.23. The molecule has 0 unspecified atom stereocenters. The maximum absolute atomic E-state index is 12.8. The minimum atomic E-state index is -0.215. The fourth-order valence-corrected chi connectivity index (χ4v) is 3.16. The average Bonchev–Trinajstić information content (AvgIpc) is 3.07. The molecule has 0 N–H and O–H groups in total. The Balaban J connectivity index is 1.95. The van der Waals surface area contributed by atoms with Crippen LogP contribution in [0, 0.1) is 18.3 Å². The number of aryl methyl sites for hydroxylation is 1. The van der Waals surface area contributed by atoms with Crippen molar-refractivity contribution in [2.24, 2.45) is 0 Å². The summed E-state index contributed by atoms with van der Waals surface area (Å²) in [5, 5.41) is 11.7. The van der Waals surface area contributed by atoms with Gasteiger partial charge in [-0.05, 0) is 36.8 Å². The number of hydrogen-bond acceptors (Lipinski definition) is 4. The Kier molecular flexibility index (Phi) is 5.03. The van der Waals surface area contributed by atoms with Gasteiger partial charge in [-0.3, -0.25) is 9.69 Å². The smallest absolute Gasteiger partial charge is 0.257 e. The molecular formula is C20H15N3OS. The highest BCUT2D eigenvalue weighted by atomic mass is 32.1. The third-order valence-electron chi connectivity index (χ3n) is 3.52. The van der Waals surface area contributed by atoms with Gasteiger partial charge < -0.3 is 0 Å². The Morgan fingerprint density at radius 1 is 1.16 bits per heavy atom. The average molecular weight is 345 g/mol. The third-order valence-corrected chi connectivity index (χ3v) is 4.46. The fraction of sp³-hybridized carbons (Fsp3) is 0.0500. The normalized spacial score (nSPS) is 10.6. The van der Waals surface area contributed by atoms with Crippen molar-refractivity contribution >= 4 is 34.1 Å².